The molecule has 0 bridgehead atoms. The van der Waals surface area contributed by atoms with E-state index < -0.39 is 21.7 Å². The third-order valence-electron chi connectivity index (χ3n) is 6.36. The summed E-state index contributed by atoms with van der Waals surface area (Å²) < 4.78 is 41.3. The molecule has 2 amide bonds. The number of anilines is 2. The van der Waals surface area contributed by atoms with Gasteiger partial charge in [-0.05, 0) is 80.6 Å². The van der Waals surface area contributed by atoms with Crippen LogP contribution >= 0.6 is 0 Å². The molecule has 0 aromatic heterocycles. The van der Waals surface area contributed by atoms with Gasteiger partial charge in [-0.1, -0.05) is 6.42 Å². The highest BCUT2D eigenvalue weighted by Crippen LogP contribution is 2.32. The largest absolute Gasteiger partial charge is 0.324 e. The van der Waals surface area contributed by atoms with Gasteiger partial charge in [-0.3, -0.25) is 9.59 Å². The molecule has 1 N–H and O–H groups in total. The molecular formula is C24H28FN3O4S. The molecule has 0 aliphatic carbocycles. The van der Waals surface area contributed by atoms with Crippen LogP contribution < -0.4 is 10.2 Å². The molecule has 4 rings (SSSR count). The number of amides is 2. The van der Waals surface area contributed by atoms with Gasteiger partial charge in [0.05, 0.1) is 4.90 Å². The van der Waals surface area contributed by atoms with E-state index in [1.807, 2.05) is 6.92 Å². The molecule has 1 saturated heterocycles. The van der Waals surface area contributed by atoms with Crippen LogP contribution in [0.25, 0.3) is 0 Å². The molecule has 0 spiro atoms. The molecular weight excluding hydrogens is 445 g/mol. The molecule has 2 aromatic carbocycles. The predicted molar refractivity (Wildman–Crippen MR) is 124 cm³/mol. The SMILES string of the molecule is Cc1cc(F)ccc1NC(=O)CN1C(=O)CCc2cc(S(=O)(=O)N3CCCC[C@@H]3C)ccc21. The molecule has 0 unspecified atom stereocenters. The summed E-state index contributed by atoms with van der Waals surface area (Å²) in [6.45, 7) is 3.91. The average molecular weight is 474 g/mol. The Hall–Kier alpha value is -2.78. The van der Waals surface area contributed by atoms with Gasteiger partial charge in [0.1, 0.15) is 12.4 Å². The lowest BCUT2D eigenvalue weighted by Gasteiger charge is -2.33. The molecule has 2 heterocycles. The van der Waals surface area contributed by atoms with E-state index in [1.54, 1.807) is 23.4 Å². The zero-order chi connectivity index (χ0) is 23.8. The number of fused-ring (bicyclic) bond motifs is 1. The van der Waals surface area contributed by atoms with E-state index in [0.29, 0.717) is 29.9 Å². The van der Waals surface area contributed by atoms with Crippen LogP contribution in [0.2, 0.25) is 0 Å². The van der Waals surface area contributed by atoms with Crippen LogP contribution in [0.3, 0.4) is 0 Å². The summed E-state index contributed by atoms with van der Waals surface area (Å²) in [5.74, 6) is -1.01. The first kappa shape index (κ1) is 23.4. The summed E-state index contributed by atoms with van der Waals surface area (Å²) in [5.41, 5.74) is 2.33. The maximum absolute atomic E-state index is 13.3. The standard InChI is InChI=1S/C24H28FN3O4S/c1-16-13-19(25)7-9-21(16)26-23(29)15-27-22-10-8-20(14-18(22)6-11-24(27)30)33(31,32)28-12-4-3-5-17(28)2/h7-10,13-14,17H,3-6,11-12,15H2,1-2H3,(H,26,29)/t17-/m0/s1. The second-order valence-electron chi connectivity index (χ2n) is 8.74. The minimum atomic E-state index is -3.63. The number of nitrogens with one attached hydrogen (secondary N) is 1. The number of halogens is 1. The van der Waals surface area contributed by atoms with E-state index >= 15 is 0 Å². The molecule has 0 radical (unpaired) electrons. The number of nitrogens with zero attached hydrogens (tertiary/aromatic N) is 2. The third-order valence-corrected chi connectivity index (χ3v) is 8.37. The van der Waals surface area contributed by atoms with E-state index in [9.17, 15) is 22.4 Å². The smallest absolute Gasteiger partial charge is 0.244 e. The number of benzene rings is 2. The molecule has 2 aromatic rings. The van der Waals surface area contributed by atoms with Crippen molar-refractivity contribution in [3.8, 4) is 0 Å². The summed E-state index contributed by atoms with van der Waals surface area (Å²) in [6, 6.07) is 8.78. The van der Waals surface area contributed by atoms with Crippen LogP contribution in [0.1, 0.15) is 43.7 Å². The van der Waals surface area contributed by atoms with Crippen molar-refractivity contribution in [1.82, 2.24) is 4.31 Å². The first-order valence-electron chi connectivity index (χ1n) is 11.2. The van der Waals surface area contributed by atoms with Gasteiger partial charge >= 0.3 is 0 Å². The fraction of sp³-hybridized carbons (Fsp3) is 0.417. The molecule has 2 aliphatic rings. The number of piperidine rings is 1. The van der Waals surface area contributed by atoms with Gasteiger partial charge in [0.25, 0.3) is 0 Å². The number of carbonyl (C=O) groups is 2. The van der Waals surface area contributed by atoms with Crippen molar-refractivity contribution >= 4 is 33.2 Å². The highest BCUT2D eigenvalue weighted by molar-refractivity contribution is 7.89. The minimum Gasteiger partial charge on any atom is -0.324 e. The molecule has 7 nitrogen and oxygen atoms in total. The van der Waals surface area contributed by atoms with Gasteiger partial charge in [0.2, 0.25) is 21.8 Å². The lowest BCUT2D eigenvalue weighted by atomic mass is 10.0. The Morgan fingerprint density at radius 2 is 1.94 bits per heavy atom. The Morgan fingerprint density at radius 3 is 2.67 bits per heavy atom. The highest BCUT2D eigenvalue weighted by Gasteiger charge is 2.33. The lowest BCUT2D eigenvalue weighted by Crippen LogP contribution is -2.42. The summed E-state index contributed by atoms with van der Waals surface area (Å²) in [7, 11) is -3.63. The van der Waals surface area contributed by atoms with Crippen LogP contribution in [-0.4, -0.2) is 43.7 Å². The number of sulfonamides is 1. The van der Waals surface area contributed by atoms with Gasteiger partial charge in [-0.2, -0.15) is 4.31 Å². The third kappa shape index (κ3) is 4.79. The van der Waals surface area contributed by atoms with E-state index in [1.165, 1.54) is 29.2 Å². The number of rotatable bonds is 5. The summed E-state index contributed by atoms with van der Waals surface area (Å²) >= 11 is 0. The zero-order valence-electron chi connectivity index (χ0n) is 18.8. The van der Waals surface area contributed by atoms with Crippen molar-refractivity contribution in [3.05, 3.63) is 53.3 Å². The van der Waals surface area contributed by atoms with Crippen LogP contribution in [-0.2, 0) is 26.0 Å². The van der Waals surface area contributed by atoms with E-state index in [4.69, 9.17) is 0 Å². The summed E-state index contributed by atoms with van der Waals surface area (Å²) in [6.07, 6.45) is 3.32. The van der Waals surface area contributed by atoms with Gasteiger partial charge in [0, 0.05) is 30.4 Å². The fourth-order valence-electron chi connectivity index (χ4n) is 4.54. The molecule has 176 valence electrons. The van der Waals surface area contributed by atoms with E-state index in [2.05, 4.69) is 5.32 Å². The van der Waals surface area contributed by atoms with Gasteiger partial charge in [0.15, 0.2) is 0 Å². The Bertz CT molecular complexity index is 1200. The van der Waals surface area contributed by atoms with Crippen molar-refractivity contribution in [3.63, 3.8) is 0 Å². The molecule has 1 atom stereocenters. The number of hydrogen-bond acceptors (Lipinski definition) is 4. The molecule has 33 heavy (non-hydrogen) atoms. The monoisotopic (exact) mass is 473 g/mol. The van der Waals surface area contributed by atoms with Crippen molar-refractivity contribution in [2.45, 2.75) is 56.9 Å². The normalized spacial score (nSPS) is 19.3. The summed E-state index contributed by atoms with van der Waals surface area (Å²) in [4.78, 5) is 26.8. The highest BCUT2D eigenvalue weighted by atomic mass is 32.2. The van der Waals surface area contributed by atoms with Crippen LogP contribution in [0.15, 0.2) is 41.3 Å². The van der Waals surface area contributed by atoms with E-state index in [-0.39, 0.29) is 29.8 Å². The summed E-state index contributed by atoms with van der Waals surface area (Å²) in [5, 5.41) is 2.72. The van der Waals surface area contributed by atoms with Crippen molar-refractivity contribution in [1.29, 1.82) is 0 Å². The quantitative estimate of drug-likeness (QED) is 0.719. The Balaban J connectivity index is 1.55. The van der Waals surface area contributed by atoms with Gasteiger partial charge in [-0.15, -0.1) is 0 Å². The first-order chi connectivity index (χ1) is 15.7. The maximum Gasteiger partial charge on any atom is 0.244 e. The Kier molecular flexibility index (Phi) is 6.54. The number of carbonyl (C=O) groups excluding carboxylic acids is 2. The van der Waals surface area contributed by atoms with Crippen LogP contribution in [0.5, 0.6) is 0 Å². The van der Waals surface area contributed by atoms with Crippen molar-refractivity contribution in [2.24, 2.45) is 0 Å². The molecule has 2 aliphatic heterocycles. The fourth-order valence-corrected chi connectivity index (χ4v) is 6.29. The first-order valence-corrected chi connectivity index (χ1v) is 12.6. The van der Waals surface area contributed by atoms with Crippen LogP contribution in [0.4, 0.5) is 15.8 Å². The van der Waals surface area contributed by atoms with Crippen molar-refractivity contribution < 1.29 is 22.4 Å². The predicted octanol–water partition coefficient (Wildman–Crippen LogP) is 3.62. The maximum atomic E-state index is 13.3. The Morgan fingerprint density at radius 1 is 1.15 bits per heavy atom. The van der Waals surface area contributed by atoms with Gasteiger partial charge in [-0.25, -0.2) is 12.8 Å². The van der Waals surface area contributed by atoms with Crippen LogP contribution in [0, 0.1) is 12.7 Å². The number of hydrogen-bond donors (Lipinski definition) is 1. The second kappa shape index (κ2) is 9.23. The average Bonchev–Trinajstić information content (AvgIpc) is 2.77. The zero-order valence-corrected chi connectivity index (χ0v) is 19.6. The van der Waals surface area contributed by atoms with E-state index in [0.717, 1.165) is 24.8 Å². The minimum absolute atomic E-state index is 0.0449. The van der Waals surface area contributed by atoms with Gasteiger partial charge < -0.3 is 10.2 Å². The molecule has 0 saturated carbocycles. The molecule has 1 fully saturated rings. The molecule has 9 heteroatoms. The number of aryl methyl sites for hydroxylation is 2. The Labute approximate surface area is 193 Å². The second-order valence-corrected chi connectivity index (χ2v) is 10.6. The lowest BCUT2D eigenvalue weighted by molar-refractivity contribution is -0.121. The topological polar surface area (TPSA) is 86.8 Å². The van der Waals surface area contributed by atoms with Crippen molar-refractivity contribution in [2.75, 3.05) is 23.3 Å².